The van der Waals surface area contributed by atoms with E-state index >= 15 is 0 Å². The highest BCUT2D eigenvalue weighted by Gasteiger charge is 2.17. The molecule has 0 atom stereocenters. The molecule has 0 unspecified atom stereocenters. The molecule has 0 fully saturated rings. The van der Waals surface area contributed by atoms with Crippen LogP contribution < -0.4 is 14.8 Å². The molecule has 2 N–H and O–H groups in total. The van der Waals surface area contributed by atoms with Crippen molar-refractivity contribution in [2.45, 2.75) is 0 Å². The van der Waals surface area contributed by atoms with Crippen molar-refractivity contribution < 1.29 is 24.3 Å². The number of carbonyl (C=O) groups excluding carboxylic acids is 1. The number of anilines is 1. The number of nitro benzene ring substituents is 1. The average molecular weight is 318 g/mol. The van der Waals surface area contributed by atoms with Gasteiger partial charge in [-0.05, 0) is 24.3 Å². The van der Waals surface area contributed by atoms with Crippen LogP contribution in [0.15, 0.2) is 42.5 Å². The summed E-state index contributed by atoms with van der Waals surface area (Å²) in [4.78, 5) is 22.1. The van der Waals surface area contributed by atoms with Crippen molar-refractivity contribution in [3.63, 3.8) is 0 Å². The largest absolute Gasteiger partial charge is 0.508 e. The Labute approximate surface area is 131 Å². The van der Waals surface area contributed by atoms with Crippen LogP contribution in [0.5, 0.6) is 17.2 Å². The Bertz CT molecular complexity index is 732. The number of hydrogen-bond donors (Lipinski definition) is 2. The Morgan fingerprint density at radius 1 is 1.26 bits per heavy atom. The highest BCUT2D eigenvalue weighted by atomic mass is 16.6. The maximum Gasteiger partial charge on any atom is 0.296 e. The van der Waals surface area contributed by atoms with Crippen molar-refractivity contribution in [1.82, 2.24) is 0 Å². The Hall–Kier alpha value is -3.29. The normalized spacial score (nSPS) is 9.96. The molecule has 0 saturated carbocycles. The molecule has 0 saturated heterocycles. The number of carbonyl (C=O) groups is 1. The second kappa shape index (κ2) is 7.12. The van der Waals surface area contributed by atoms with Crippen LogP contribution in [0.2, 0.25) is 0 Å². The minimum Gasteiger partial charge on any atom is -0.508 e. The van der Waals surface area contributed by atoms with Crippen LogP contribution in [-0.4, -0.2) is 29.7 Å². The first-order chi connectivity index (χ1) is 11.0. The molecule has 2 rings (SSSR count). The molecule has 0 heterocycles. The van der Waals surface area contributed by atoms with Gasteiger partial charge in [0, 0.05) is 6.07 Å². The van der Waals surface area contributed by atoms with Gasteiger partial charge in [-0.15, -0.1) is 0 Å². The molecule has 0 bridgehead atoms. The maximum atomic E-state index is 11.8. The van der Waals surface area contributed by atoms with Gasteiger partial charge >= 0.3 is 0 Å². The summed E-state index contributed by atoms with van der Waals surface area (Å²) in [7, 11) is 1.51. The second-order valence-corrected chi connectivity index (χ2v) is 4.47. The number of phenolic OH excluding ortho intramolecular Hbond substituents is 1. The Morgan fingerprint density at radius 3 is 2.70 bits per heavy atom. The van der Waals surface area contributed by atoms with E-state index in [-0.39, 0.29) is 18.0 Å². The third-order valence-corrected chi connectivity index (χ3v) is 2.86. The first kappa shape index (κ1) is 16.1. The molecule has 0 aliphatic rings. The van der Waals surface area contributed by atoms with Crippen LogP contribution in [0.4, 0.5) is 11.4 Å². The summed E-state index contributed by atoms with van der Waals surface area (Å²) in [6.45, 7) is -0.328. The molecule has 0 spiro atoms. The van der Waals surface area contributed by atoms with Gasteiger partial charge in [0.05, 0.1) is 18.1 Å². The summed E-state index contributed by atoms with van der Waals surface area (Å²) in [6, 6.07) is 10.1. The van der Waals surface area contributed by atoms with Crippen LogP contribution in [-0.2, 0) is 4.79 Å². The van der Waals surface area contributed by atoms with Gasteiger partial charge in [0.15, 0.2) is 6.61 Å². The fourth-order valence-corrected chi connectivity index (χ4v) is 1.80. The smallest absolute Gasteiger partial charge is 0.296 e. The van der Waals surface area contributed by atoms with Crippen molar-refractivity contribution in [3.8, 4) is 17.2 Å². The molecule has 0 radical (unpaired) electrons. The number of ether oxygens (including phenoxy) is 2. The van der Waals surface area contributed by atoms with E-state index in [2.05, 4.69) is 5.32 Å². The van der Waals surface area contributed by atoms with Crippen LogP contribution in [0.25, 0.3) is 0 Å². The number of benzene rings is 2. The summed E-state index contributed by atoms with van der Waals surface area (Å²) in [6.07, 6.45) is 0. The van der Waals surface area contributed by atoms with Crippen molar-refractivity contribution in [2.75, 3.05) is 19.0 Å². The van der Waals surface area contributed by atoms with Gasteiger partial charge in [0.25, 0.3) is 11.6 Å². The van der Waals surface area contributed by atoms with Gasteiger partial charge in [-0.3, -0.25) is 14.9 Å². The minimum absolute atomic E-state index is 0.0213. The number of nitrogens with zero attached hydrogens (tertiary/aromatic N) is 1. The zero-order valence-corrected chi connectivity index (χ0v) is 12.2. The third-order valence-electron chi connectivity index (χ3n) is 2.86. The zero-order chi connectivity index (χ0) is 16.8. The summed E-state index contributed by atoms with van der Waals surface area (Å²) in [5.74, 6) is 0.181. The fourth-order valence-electron chi connectivity index (χ4n) is 1.80. The van der Waals surface area contributed by atoms with Crippen molar-refractivity contribution in [1.29, 1.82) is 0 Å². The topological polar surface area (TPSA) is 111 Å². The number of nitro groups is 1. The predicted molar refractivity (Wildman–Crippen MR) is 81.9 cm³/mol. The molecular formula is C15H14N2O6. The van der Waals surface area contributed by atoms with Gasteiger partial charge in [-0.2, -0.15) is 0 Å². The first-order valence-corrected chi connectivity index (χ1v) is 6.53. The van der Waals surface area contributed by atoms with E-state index in [1.807, 2.05) is 0 Å². The molecule has 0 aliphatic carbocycles. The molecule has 1 amide bonds. The van der Waals surface area contributed by atoms with E-state index in [4.69, 9.17) is 9.47 Å². The van der Waals surface area contributed by atoms with Crippen LogP contribution >= 0.6 is 0 Å². The minimum atomic E-state index is -0.696. The van der Waals surface area contributed by atoms with Crippen LogP contribution in [0.1, 0.15) is 0 Å². The number of hydrogen-bond acceptors (Lipinski definition) is 6. The van der Waals surface area contributed by atoms with E-state index in [1.165, 1.54) is 19.2 Å². The number of nitrogens with one attached hydrogen (secondary N) is 1. The second-order valence-electron chi connectivity index (χ2n) is 4.47. The highest BCUT2D eigenvalue weighted by Crippen LogP contribution is 2.28. The Balaban J connectivity index is 2.01. The van der Waals surface area contributed by atoms with Gasteiger partial charge in [-0.25, -0.2) is 0 Å². The zero-order valence-electron chi connectivity index (χ0n) is 12.2. The number of methoxy groups -OCH3 is 1. The predicted octanol–water partition coefficient (Wildman–Crippen LogP) is 2.33. The molecule has 8 heteroatoms. The number of phenols is 1. The Morgan fingerprint density at radius 2 is 2.00 bits per heavy atom. The molecule has 2 aromatic carbocycles. The molecule has 23 heavy (non-hydrogen) atoms. The van der Waals surface area contributed by atoms with E-state index in [9.17, 15) is 20.0 Å². The molecule has 0 aromatic heterocycles. The first-order valence-electron chi connectivity index (χ1n) is 6.53. The quantitative estimate of drug-likeness (QED) is 0.480. The van der Waals surface area contributed by atoms with E-state index < -0.39 is 16.5 Å². The Kier molecular flexibility index (Phi) is 4.98. The van der Waals surface area contributed by atoms with Crippen molar-refractivity contribution >= 4 is 17.3 Å². The third kappa shape index (κ3) is 4.34. The van der Waals surface area contributed by atoms with E-state index in [0.717, 1.165) is 6.07 Å². The summed E-state index contributed by atoms with van der Waals surface area (Å²) < 4.78 is 10.3. The number of rotatable bonds is 6. The lowest BCUT2D eigenvalue weighted by Gasteiger charge is -2.09. The monoisotopic (exact) mass is 318 g/mol. The number of aromatic hydroxyl groups is 1. The summed E-state index contributed by atoms with van der Waals surface area (Å²) in [5.41, 5.74) is -0.424. The number of amides is 1. The SMILES string of the molecule is COc1cccc(OCC(=O)Nc2ccc(O)cc2[N+](=O)[O-])c1. The van der Waals surface area contributed by atoms with Gasteiger partial charge in [-0.1, -0.05) is 6.07 Å². The van der Waals surface area contributed by atoms with Crippen LogP contribution in [0, 0.1) is 10.1 Å². The maximum absolute atomic E-state index is 11.8. The molecule has 0 aliphatic heterocycles. The molecular weight excluding hydrogens is 304 g/mol. The van der Waals surface area contributed by atoms with Crippen molar-refractivity contribution in [3.05, 3.63) is 52.6 Å². The van der Waals surface area contributed by atoms with Crippen molar-refractivity contribution in [2.24, 2.45) is 0 Å². The van der Waals surface area contributed by atoms with Gasteiger partial charge < -0.3 is 19.9 Å². The highest BCUT2D eigenvalue weighted by molar-refractivity contribution is 5.94. The fraction of sp³-hybridized carbons (Fsp3) is 0.133. The summed E-state index contributed by atoms with van der Waals surface area (Å²) in [5, 5.41) is 22.5. The average Bonchev–Trinajstić information content (AvgIpc) is 2.54. The van der Waals surface area contributed by atoms with Gasteiger partial charge in [0.1, 0.15) is 22.9 Å². The molecule has 120 valence electrons. The standard InChI is InChI=1S/C15H14N2O6/c1-22-11-3-2-4-12(8-11)23-9-15(19)16-13-6-5-10(18)7-14(13)17(20)21/h2-8,18H,9H2,1H3,(H,16,19). The van der Waals surface area contributed by atoms with Gasteiger partial charge in [0.2, 0.25) is 0 Å². The van der Waals surface area contributed by atoms with E-state index in [1.54, 1.807) is 24.3 Å². The van der Waals surface area contributed by atoms with Crippen LogP contribution in [0.3, 0.4) is 0 Å². The molecule has 8 nitrogen and oxygen atoms in total. The summed E-state index contributed by atoms with van der Waals surface area (Å²) >= 11 is 0. The lowest BCUT2D eigenvalue weighted by Crippen LogP contribution is -2.20. The lowest BCUT2D eigenvalue weighted by molar-refractivity contribution is -0.384. The molecule has 2 aromatic rings. The lowest BCUT2D eigenvalue weighted by atomic mass is 10.2. The van der Waals surface area contributed by atoms with E-state index in [0.29, 0.717) is 11.5 Å².